The minimum absolute atomic E-state index is 0.0767. The highest BCUT2D eigenvalue weighted by atomic mass is 16.5. The average molecular weight is 405 g/mol. The van der Waals surface area contributed by atoms with Gasteiger partial charge in [0.15, 0.2) is 0 Å². The van der Waals surface area contributed by atoms with Gasteiger partial charge in [-0.25, -0.2) is 0 Å². The molecule has 0 N–H and O–H groups in total. The number of carbonyl (C=O) groups excluding carboxylic acids is 3. The Morgan fingerprint density at radius 3 is 2.50 bits per heavy atom. The predicted octanol–water partition coefficient (Wildman–Crippen LogP) is 2.73. The summed E-state index contributed by atoms with van der Waals surface area (Å²) < 4.78 is 7.05. The highest BCUT2D eigenvalue weighted by Crippen LogP contribution is 2.52. The molecule has 1 aliphatic heterocycles. The zero-order chi connectivity index (χ0) is 21.0. The number of aromatic nitrogens is 1. The number of allylic oxidation sites excluding steroid dienone is 2. The molecule has 1 saturated carbocycles. The quantitative estimate of drug-likeness (QED) is 0.332. The first-order valence-electron chi connectivity index (χ1n) is 10.3. The molecule has 4 unspecified atom stereocenters. The van der Waals surface area contributed by atoms with Crippen molar-refractivity contribution in [3.05, 3.63) is 48.2 Å². The van der Waals surface area contributed by atoms with Crippen LogP contribution in [0.1, 0.15) is 25.8 Å². The van der Waals surface area contributed by atoms with Crippen molar-refractivity contribution in [1.29, 1.82) is 0 Å². The van der Waals surface area contributed by atoms with Gasteiger partial charge in [0.05, 0.1) is 24.2 Å². The maximum atomic E-state index is 12.8. The zero-order valence-corrected chi connectivity index (χ0v) is 16.9. The smallest absolute Gasteiger partial charge is 0.326 e. The predicted molar refractivity (Wildman–Crippen MR) is 110 cm³/mol. The van der Waals surface area contributed by atoms with Crippen LogP contribution in [0, 0.1) is 23.7 Å². The lowest BCUT2D eigenvalue weighted by atomic mass is 9.85. The average Bonchev–Trinajstić information content (AvgIpc) is 3.44. The third-order valence-electron chi connectivity index (χ3n) is 6.25. The van der Waals surface area contributed by atoms with Gasteiger partial charge in [0.2, 0.25) is 0 Å². The summed E-state index contributed by atoms with van der Waals surface area (Å²) in [6, 6.07) is 7.63. The molecule has 2 amide bonds. The summed E-state index contributed by atoms with van der Waals surface area (Å²) in [6.07, 6.45) is 8.18. The van der Waals surface area contributed by atoms with Crippen molar-refractivity contribution in [2.24, 2.45) is 28.8 Å². The Morgan fingerprint density at radius 2 is 1.83 bits per heavy atom. The summed E-state index contributed by atoms with van der Waals surface area (Å²) in [5, 5.41) is 6.21. The van der Waals surface area contributed by atoms with E-state index in [1.807, 2.05) is 38.1 Å². The number of nitrogens with zero attached hydrogens (tertiary/aromatic N) is 3. The van der Waals surface area contributed by atoms with E-state index in [1.165, 1.54) is 0 Å². The summed E-state index contributed by atoms with van der Waals surface area (Å²) in [5.41, 5.74) is 1.60. The fourth-order valence-electron chi connectivity index (χ4n) is 5.07. The van der Waals surface area contributed by atoms with Crippen LogP contribution in [0.4, 0.5) is 0 Å². The highest BCUT2D eigenvalue weighted by molar-refractivity contribution is 6.07. The molecule has 0 spiro atoms. The number of benzene rings is 1. The van der Waals surface area contributed by atoms with Crippen LogP contribution in [-0.4, -0.2) is 39.7 Å². The first kappa shape index (κ1) is 18.8. The van der Waals surface area contributed by atoms with E-state index in [4.69, 9.17) is 4.74 Å². The van der Waals surface area contributed by atoms with Crippen LogP contribution in [0.2, 0.25) is 0 Å². The third kappa shape index (κ3) is 2.88. The molecule has 4 atom stereocenters. The Balaban J connectivity index is 1.42. The molecule has 1 saturated heterocycles. The van der Waals surface area contributed by atoms with E-state index in [1.54, 1.807) is 17.0 Å². The van der Waals surface area contributed by atoms with Crippen molar-refractivity contribution in [1.82, 2.24) is 9.58 Å². The molecule has 3 aliphatic rings. The molecule has 7 nitrogen and oxygen atoms in total. The molecule has 7 heteroatoms. The van der Waals surface area contributed by atoms with Crippen LogP contribution in [0.25, 0.3) is 10.9 Å². The van der Waals surface area contributed by atoms with Crippen molar-refractivity contribution in [2.45, 2.75) is 32.9 Å². The lowest BCUT2D eigenvalue weighted by Crippen LogP contribution is -2.28. The zero-order valence-electron chi connectivity index (χ0n) is 16.9. The largest absolute Gasteiger partial charge is 0.462 e. The molecular weight excluding hydrogens is 382 g/mol. The fraction of sp³-hybridized carbons (Fsp3) is 0.391. The second kappa shape index (κ2) is 6.93. The van der Waals surface area contributed by atoms with Crippen LogP contribution in [0.15, 0.2) is 47.7 Å². The van der Waals surface area contributed by atoms with Crippen molar-refractivity contribution in [2.75, 3.05) is 0 Å². The van der Waals surface area contributed by atoms with Crippen molar-refractivity contribution >= 4 is 34.9 Å². The van der Waals surface area contributed by atoms with E-state index in [9.17, 15) is 14.4 Å². The number of ether oxygens (including phenoxy) is 1. The Bertz CT molecular complexity index is 1080. The molecule has 2 heterocycles. The number of carbonyl (C=O) groups is 3. The number of para-hydroxylation sites is 1. The Morgan fingerprint density at radius 1 is 1.17 bits per heavy atom. The van der Waals surface area contributed by atoms with Gasteiger partial charge in [0.1, 0.15) is 6.54 Å². The molecule has 2 aromatic rings. The first-order chi connectivity index (χ1) is 14.4. The van der Waals surface area contributed by atoms with Gasteiger partial charge in [-0.3, -0.25) is 14.4 Å². The maximum absolute atomic E-state index is 12.8. The molecule has 1 aromatic carbocycles. The van der Waals surface area contributed by atoms with Gasteiger partial charge >= 0.3 is 5.97 Å². The number of hydrazone groups is 1. The van der Waals surface area contributed by atoms with E-state index < -0.39 is 0 Å². The molecular formula is C23H23N3O4. The Kier molecular flexibility index (Phi) is 4.34. The summed E-state index contributed by atoms with van der Waals surface area (Å²) in [4.78, 5) is 37.8. The van der Waals surface area contributed by atoms with Gasteiger partial charge < -0.3 is 9.30 Å². The summed E-state index contributed by atoms with van der Waals surface area (Å²) in [5.74, 6) is -0.954. The van der Waals surface area contributed by atoms with Crippen molar-refractivity contribution in [3.8, 4) is 0 Å². The van der Waals surface area contributed by atoms with Crippen LogP contribution in [0.3, 0.4) is 0 Å². The number of hydrogen-bond donors (Lipinski definition) is 0. The SMILES string of the molecule is CC(C)OC(=O)Cn1cc(C=NN2C(=O)C3C4C=CC(C4)C3C2=O)c2ccccc21. The van der Waals surface area contributed by atoms with E-state index in [0.29, 0.717) is 0 Å². The Labute approximate surface area is 174 Å². The second-order valence-corrected chi connectivity index (χ2v) is 8.50. The minimum atomic E-state index is -0.324. The van der Waals surface area contributed by atoms with E-state index in [2.05, 4.69) is 17.3 Å². The van der Waals surface area contributed by atoms with Crippen molar-refractivity contribution < 1.29 is 19.1 Å². The molecule has 2 fully saturated rings. The fourth-order valence-corrected chi connectivity index (χ4v) is 5.07. The van der Waals surface area contributed by atoms with Crippen LogP contribution < -0.4 is 0 Å². The number of hydrogen-bond acceptors (Lipinski definition) is 5. The number of fused-ring (bicyclic) bond motifs is 6. The van der Waals surface area contributed by atoms with Crippen LogP contribution in [0.5, 0.6) is 0 Å². The maximum Gasteiger partial charge on any atom is 0.326 e. The van der Waals surface area contributed by atoms with Crippen molar-refractivity contribution in [3.63, 3.8) is 0 Å². The van der Waals surface area contributed by atoms with E-state index in [0.717, 1.165) is 27.9 Å². The standard InChI is InChI=1S/C23H23N3O4/c1-13(2)30-19(27)12-25-11-16(17-5-3-4-6-18(17)25)10-24-26-22(28)20-14-7-8-15(9-14)21(20)23(26)29/h3-8,10-11,13-15,20-21H,9,12H2,1-2H3. The number of rotatable bonds is 5. The Hall–Kier alpha value is -3.22. The van der Waals surface area contributed by atoms with E-state index in [-0.39, 0.29) is 54.1 Å². The molecule has 2 bridgehead atoms. The molecule has 2 aliphatic carbocycles. The molecule has 0 radical (unpaired) electrons. The summed E-state index contributed by atoms with van der Waals surface area (Å²) in [7, 11) is 0. The van der Waals surface area contributed by atoms with Gasteiger partial charge in [-0.1, -0.05) is 30.4 Å². The topological polar surface area (TPSA) is 81.0 Å². The van der Waals surface area contributed by atoms with Gasteiger partial charge in [0, 0.05) is 22.7 Å². The lowest BCUT2D eigenvalue weighted by molar-refractivity contribution is -0.148. The van der Waals surface area contributed by atoms with Gasteiger partial charge in [0.25, 0.3) is 11.8 Å². The van der Waals surface area contributed by atoms with Crippen LogP contribution >= 0.6 is 0 Å². The molecule has 5 rings (SSSR count). The van der Waals surface area contributed by atoms with Gasteiger partial charge in [-0.15, -0.1) is 0 Å². The van der Waals surface area contributed by atoms with E-state index >= 15 is 0 Å². The number of esters is 1. The highest BCUT2D eigenvalue weighted by Gasteiger charge is 2.59. The van der Waals surface area contributed by atoms with Crippen LogP contribution in [-0.2, 0) is 25.7 Å². The lowest BCUT2D eigenvalue weighted by Gasteiger charge is -2.13. The molecule has 1 aromatic heterocycles. The monoisotopic (exact) mass is 405 g/mol. The summed E-state index contributed by atoms with van der Waals surface area (Å²) >= 11 is 0. The minimum Gasteiger partial charge on any atom is -0.462 e. The first-order valence-corrected chi connectivity index (χ1v) is 10.3. The molecule has 154 valence electrons. The number of imide groups is 1. The summed E-state index contributed by atoms with van der Waals surface area (Å²) in [6.45, 7) is 3.70. The second-order valence-electron chi connectivity index (χ2n) is 8.50. The molecule has 30 heavy (non-hydrogen) atoms. The number of amides is 2. The third-order valence-corrected chi connectivity index (χ3v) is 6.25. The normalized spacial score (nSPS) is 27.2. The van der Waals surface area contributed by atoms with Gasteiger partial charge in [-0.2, -0.15) is 10.1 Å². The van der Waals surface area contributed by atoms with Gasteiger partial charge in [-0.05, 0) is 38.2 Å².